The monoisotopic (exact) mass is 770 g/mol. The van der Waals surface area contributed by atoms with Crippen molar-refractivity contribution >= 4 is 11.9 Å². The van der Waals surface area contributed by atoms with Gasteiger partial charge in [-0.25, -0.2) is 0 Å². The van der Waals surface area contributed by atoms with E-state index >= 15 is 0 Å². The minimum atomic E-state index is -0.547. The highest BCUT2D eigenvalue weighted by Gasteiger charge is 2.18. The molecule has 0 rings (SSSR count). The Morgan fingerprint density at radius 2 is 0.796 bits per heavy atom. The summed E-state index contributed by atoms with van der Waals surface area (Å²) in [5.74, 6) is -0.188. The van der Waals surface area contributed by atoms with Crippen LogP contribution in [0.3, 0.4) is 0 Å². The summed E-state index contributed by atoms with van der Waals surface area (Å²) in [6.07, 6.45) is 32.2. The van der Waals surface area contributed by atoms with Gasteiger partial charge in [0.05, 0.1) is 18.8 Å². The lowest BCUT2D eigenvalue weighted by atomic mass is 10.0. The maximum absolute atomic E-state index is 12.7. The Bertz CT molecular complexity index is 796. The van der Waals surface area contributed by atoms with Crippen molar-refractivity contribution in [3.8, 4) is 0 Å². The summed E-state index contributed by atoms with van der Waals surface area (Å²) < 4.78 is 11.7. The van der Waals surface area contributed by atoms with Crippen molar-refractivity contribution in [1.29, 1.82) is 0 Å². The fourth-order valence-electron chi connectivity index (χ4n) is 7.38. The highest BCUT2D eigenvalue weighted by Crippen LogP contribution is 2.19. The molecule has 322 valence electrons. The fourth-order valence-corrected chi connectivity index (χ4v) is 7.38. The Morgan fingerprint density at radius 1 is 0.463 bits per heavy atom. The Labute approximate surface area is 334 Å². The molecule has 3 unspecified atom stereocenters. The number of aliphatic hydroxyl groups is 3. The molecular weight excluding hydrogens is 679 g/mol. The molecule has 0 aliphatic heterocycles. The van der Waals surface area contributed by atoms with Crippen molar-refractivity contribution in [3.05, 3.63) is 0 Å². The molecule has 8 nitrogen and oxygen atoms in total. The predicted molar refractivity (Wildman–Crippen MR) is 226 cm³/mol. The number of carbonyl (C=O) groups is 2. The number of nitrogens with zero attached hydrogens (tertiary/aromatic N) is 1. The van der Waals surface area contributed by atoms with E-state index in [1.807, 2.05) is 4.90 Å². The van der Waals surface area contributed by atoms with Crippen molar-refractivity contribution in [1.82, 2.24) is 4.90 Å². The molecule has 0 aromatic heterocycles. The first kappa shape index (κ1) is 52.8. The number of carbonyl (C=O) groups excluding carboxylic acids is 2. The molecule has 0 aliphatic carbocycles. The van der Waals surface area contributed by atoms with Gasteiger partial charge < -0.3 is 24.8 Å². The molecule has 54 heavy (non-hydrogen) atoms. The number of aliphatic hydroxyl groups excluding tert-OH is 3. The van der Waals surface area contributed by atoms with E-state index in [1.165, 1.54) is 96.3 Å². The van der Waals surface area contributed by atoms with Crippen LogP contribution in [0.2, 0.25) is 0 Å². The second-order valence-electron chi connectivity index (χ2n) is 16.3. The molecule has 0 radical (unpaired) electrons. The predicted octanol–water partition coefficient (Wildman–Crippen LogP) is 11.4. The molecule has 3 atom stereocenters. The van der Waals surface area contributed by atoms with E-state index in [-0.39, 0.29) is 30.8 Å². The van der Waals surface area contributed by atoms with Crippen molar-refractivity contribution in [3.63, 3.8) is 0 Å². The van der Waals surface area contributed by atoms with Gasteiger partial charge in [0, 0.05) is 32.5 Å². The number of hydrogen-bond acceptors (Lipinski definition) is 8. The highest BCUT2D eigenvalue weighted by atomic mass is 16.5. The normalized spacial score (nSPS) is 13.4. The van der Waals surface area contributed by atoms with Crippen molar-refractivity contribution in [2.24, 2.45) is 0 Å². The summed E-state index contributed by atoms with van der Waals surface area (Å²) in [5, 5.41) is 31.0. The minimum absolute atomic E-state index is 0.0269. The number of unbranched alkanes of at least 4 members (excludes halogenated alkanes) is 19. The average Bonchev–Trinajstić information content (AvgIpc) is 3.14. The Hall–Kier alpha value is -1.22. The van der Waals surface area contributed by atoms with Crippen LogP contribution in [0.15, 0.2) is 0 Å². The van der Waals surface area contributed by atoms with Crippen molar-refractivity contribution in [2.45, 2.75) is 258 Å². The zero-order valence-electron chi connectivity index (χ0n) is 36.2. The number of hydrogen-bond donors (Lipinski definition) is 3. The van der Waals surface area contributed by atoms with Crippen molar-refractivity contribution in [2.75, 3.05) is 26.2 Å². The summed E-state index contributed by atoms with van der Waals surface area (Å²) in [7, 11) is 0. The van der Waals surface area contributed by atoms with Gasteiger partial charge in [-0.05, 0) is 70.6 Å². The smallest absolute Gasteiger partial charge is 0.306 e. The molecule has 0 saturated heterocycles. The average molecular weight is 770 g/mol. The van der Waals surface area contributed by atoms with Crippen molar-refractivity contribution < 1.29 is 34.4 Å². The standard InChI is InChI=1S/C46H91NO7/c1-5-9-12-15-18-25-32-43(8-4)53-45(51)35-28-21-23-30-41(49)39-47(37-38-48)40-42(50)31-24-22-29-36-46(52)54-44(33-26-19-16-13-10-6-2)34-27-20-17-14-11-7-3/h41-44,48-50H,5-40H2,1-4H3. The second kappa shape index (κ2) is 40.0. The molecule has 8 heteroatoms. The van der Waals surface area contributed by atoms with Gasteiger partial charge in [-0.3, -0.25) is 14.5 Å². The van der Waals surface area contributed by atoms with E-state index in [1.54, 1.807) is 0 Å². The lowest BCUT2D eigenvalue weighted by molar-refractivity contribution is -0.150. The molecule has 0 heterocycles. The molecule has 0 fully saturated rings. The summed E-state index contributed by atoms with van der Waals surface area (Å²) in [5.41, 5.74) is 0. The zero-order valence-corrected chi connectivity index (χ0v) is 36.2. The van der Waals surface area contributed by atoms with Gasteiger partial charge in [0.25, 0.3) is 0 Å². The molecule has 0 spiro atoms. The van der Waals surface area contributed by atoms with E-state index in [0.717, 1.165) is 83.5 Å². The van der Waals surface area contributed by atoms with Crippen LogP contribution in [0.1, 0.15) is 233 Å². The van der Waals surface area contributed by atoms with E-state index in [0.29, 0.717) is 45.3 Å². The second-order valence-corrected chi connectivity index (χ2v) is 16.3. The van der Waals surface area contributed by atoms with Gasteiger partial charge in [-0.2, -0.15) is 0 Å². The third-order valence-electron chi connectivity index (χ3n) is 10.9. The fraction of sp³-hybridized carbons (Fsp3) is 0.957. The highest BCUT2D eigenvalue weighted by molar-refractivity contribution is 5.69. The maximum atomic E-state index is 12.7. The largest absolute Gasteiger partial charge is 0.462 e. The third kappa shape index (κ3) is 35.2. The van der Waals surface area contributed by atoms with Gasteiger partial charge in [-0.15, -0.1) is 0 Å². The summed E-state index contributed by atoms with van der Waals surface area (Å²) in [4.78, 5) is 27.0. The minimum Gasteiger partial charge on any atom is -0.462 e. The zero-order chi connectivity index (χ0) is 39.9. The van der Waals surface area contributed by atoms with Gasteiger partial charge in [0.1, 0.15) is 12.2 Å². The quantitative estimate of drug-likeness (QED) is 0.0415. The van der Waals surface area contributed by atoms with E-state index in [9.17, 15) is 24.9 Å². The topological polar surface area (TPSA) is 117 Å². The molecule has 3 N–H and O–H groups in total. The number of ether oxygens (including phenoxy) is 2. The third-order valence-corrected chi connectivity index (χ3v) is 10.9. The molecule has 0 amide bonds. The Kier molecular flexibility index (Phi) is 39.1. The first-order chi connectivity index (χ1) is 26.3. The van der Waals surface area contributed by atoms with Crippen LogP contribution in [0.5, 0.6) is 0 Å². The van der Waals surface area contributed by atoms with Crippen LogP contribution in [-0.4, -0.2) is 82.8 Å². The summed E-state index contributed by atoms with van der Waals surface area (Å²) >= 11 is 0. The maximum Gasteiger partial charge on any atom is 0.306 e. The summed E-state index contributed by atoms with van der Waals surface area (Å²) in [6.45, 7) is 9.98. The van der Waals surface area contributed by atoms with E-state index in [2.05, 4.69) is 27.7 Å². The Morgan fingerprint density at radius 3 is 1.19 bits per heavy atom. The molecule has 0 aromatic rings. The van der Waals surface area contributed by atoms with Crippen LogP contribution in [-0.2, 0) is 19.1 Å². The van der Waals surface area contributed by atoms with Gasteiger partial charge in [-0.1, -0.05) is 150 Å². The van der Waals surface area contributed by atoms with Crippen LogP contribution < -0.4 is 0 Å². The number of rotatable bonds is 42. The van der Waals surface area contributed by atoms with Gasteiger partial charge >= 0.3 is 11.9 Å². The molecule has 0 aliphatic rings. The molecular formula is C46H91NO7. The van der Waals surface area contributed by atoms with E-state index in [4.69, 9.17) is 9.47 Å². The summed E-state index contributed by atoms with van der Waals surface area (Å²) in [6, 6.07) is 0. The first-order valence-corrected chi connectivity index (χ1v) is 23.4. The molecule has 0 saturated carbocycles. The SMILES string of the molecule is CCCCCCCCC(CC)OC(=O)CCCCCC(O)CN(CCO)CC(O)CCCCCC(=O)OC(CCCCCCCC)CCCCCCCC. The first-order valence-electron chi connectivity index (χ1n) is 23.4. The Balaban J connectivity index is 4.28. The van der Waals surface area contributed by atoms with Crippen LogP contribution in [0.4, 0.5) is 0 Å². The van der Waals surface area contributed by atoms with Crippen LogP contribution >= 0.6 is 0 Å². The van der Waals surface area contributed by atoms with Gasteiger partial charge in [0.2, 0.25) is 0 Å². The lowest BCUT2D eigenvalue weighted by Gasteiger charge is -2.26. The lowest BCUT2D eigenvalue weighted by Crippen LogP contribution is -2.39. The number of esters is 2. The molecule has 0 aromatic carbocycles. The molecule has 0 bridgehead atoms. The van der Waals surface area contributed by atoms with E-state index < -0.39 is 12.2 Å². The van der Waals surface area contributed by atoms with Crippen LogP contribution in [0, 0.1) is 0 Å². The van der Waals surface area contributed by atoms with Crippen LogP contribution in [0.25, 0.3) is 0 Å². The van der Waals surface area contributed by atoms with Gasteiger partial charge in [0.15, 0.2) is 0 Å².